The van der Waals surface area contributed by atoms with Crippen molar-refractivity contribution in [2.24, 2.45) is 0 Å². The average molecular weight is 416 g/mol. The van der Waals surface area contributed by atoms with Crippen molar-refractivity contribution in [1.82, 2.24) is 22.6 Å². The van der Waals surface area contributed by atoms with E-state index in [2.05, 4.69) is 14.1 Å². The zero-order valence-corrected chi connectivity index (χ0v) is 16.4. The molecule has 144 valence electrons. The Kier molecular flexibility index (Phi) is 4.07. The van der Waals surface area contributed by atoms with Gasteiger partial charge in [-0.05, 0) is 50.2 Å². The monoisotopic (exact) mass is 415 g/mol. The lowest BCUT2D eigenvalue weighted by Crippen LogP contribution is -2.36. The Labute approximate surface area is 164 Å². The maximum Gasteiger partial charge on any atom is 0.343 e. The Morgan fingerprint density at radius 3 is 2.54 bits per heavy atom. The third-order valence-corrected chi connectivity index (χ3v) is 7.44. The molecule has 10 heteroatoms. The van der Waals surface area contributed by atoms with Crippen LogP contribution in [0.5, 0.6) is 0 Å². The molecule has 0 amide bonds. The van der Waals surface area contributed by atoms with E-state index in [1.165, 1.54) is 6.07 Å². The normalized spacial score (nSPS) is 16.1. The quantitative estimate of drug-likeness (QED) is 0.549. The number of piperidine rings is 1. The summed E-state index contributed by atoms with van der Waals surface area (Å²) < 4.78 is 37.9. The molecule has 1 saturated heterocycles. The average Bonchev–Trinajstić information content (AvgIpc) is 3.30. The highest BCUT2D eigenvalue weighted by atomic mass is 32.2. The fourth-order valence-electron chi connectivity index (χ4n) is 3.88. The number of aromatic nitrogens is 4. The number of imidazole rings is 1. The Balaban J connectivity index is 1.81. The van der Waals surface area contributed by atoms with Gasteiger partial charge >= 0.3 is 5.69 Å². The number of rotatable bonds is 3. The lowest BCUT2D eigenvalue weighted by atomic mass is 10.1. The molecular formula is C18H17N5O3S2. The van der Waals surface area contributed by atoms with Gasteiger partial charge in [-0.15, -0.1) is 0 Å². The lowest BCUT2D eigenvalue weighted by molar-refractivity contribution is 0.367. The molecule has 0 bridgehead atoms. The molecule has 5 rings (SSSR count). The molecule has 0 spiro atoms. The highest BCUT2D eigenvalue weighted by Gasteiger charge is 2.30. The highest BCUT2D eigenvalue weighted by Crippen LogP contribution is 2.28. The Hall–Kier alpha value is -2.56. The van der Waals surface area contributed by atoms with Gasteiger partial charge in [-0.1, -0.05) is 18.2 Å². The van der Waals surface area contributed by atoms with Gasteiger partial charge < -0.3 is 5.32 Å². The topological polar surface area (TPSA) is 98.9 Å². The molecule has 2 aromatic carbocycles. The van der Waals surface area contributed by atoms with Crippen LogP contribution in [-0.4, -0.2) is 38.8 Å². The van der Waals surface area contributed by atoms with E-state index in [1.54, 1.807) is 34.9 Å². The van der Waals surface area contributed by atoms with E-state index >= 15 is 0 Å². The largest absolute Gasteiger partial charge is 0.343 e. The summed E-state index contributed by atoms with van der Waals surface area (Å²) in [5.41, 5.74) is 1.27. The molecule has 0 saturated carbocycles. The maximum atomic E-state index is 13.6. The van der Waals surface area contributed by atoms with E-state index in [0.717, 1.165) is 41.6 Å². The van der Waals surface area contributed by atoms with Crippen molar-refractivity contribution in [3.8, 4) is 0 Å². The third-order valence-electron chi connectivity index (χ3n) is 5.18. The number of para-hydroxylation sites is 2. The summed E-state index contributed by atoms with van der Waals surface area (Å²) >= 11 is 0.950. The minimum absolute atomic E-state index is 0.00550. The Bertz CT molecular complexity index is 1350. The van der Waals surface area contributed by atoms with Crippen molar-refractivity contribution in [1.29, 1.82) is 0 Å². The first kappa shape index (κ1) is 17.5. The first-order valence-electron chi connectivity index (χ1n) is 8.98. The zero-order valence-electron chi connectivity index (χ0n) is 14.8. The van der Waals surface area contributed by atoms with E-state index in [0.29, 0.717) is 16.6 Å². The number of nitrogens with one attached hydrogen (secondary N) is 1. The molecule has 1 aliphatic rings. The fraction of sp³-hybridized carbons (Fsp3) is 0.278. The molecule has 3 heterocycles. The van der Waals surface area contributed by atoms with Crippen LogP contribution >= 0.6 is 11.7 Å². The van der Waals surface area contributed by atoms with Crippen molar-refractivity contribution in [2.45, 2.75) is 23.8 Å². The second kappa shape index (κ2) is 6.50. The van der Waals surface area contributed by atoms with Crippen LogP contribution in [0.2, 0.25) is 0 Å². The summed E-state index contributed by atoms with van der Waals surface area (Å²) in [7, 11) is -4.14. The Morgan fingerprint density at radius 1 is 1.00 bits per heavy atom. The standard InChI is InChI=1S/C18H17N5O3S2/c24-18-22(12-8-10-19-11-9-12)14-5-1-2-6-15(14)23(18)28(25,26)16-7-3-4-13-17(16)21-27-20-13/h1-7,12,19H,8-11H2. The third kappa shape index (κ3) is 2.52. The van der Waals surface area contributed by atoms with Gasteiger partial charge in [0.25, 0.3) is 10.0 Å². The molecule has 0 unspecified atom stereocenters. The summed E-state index contributed by atoms with van der Waals surface area (Å²) in [4.78, 5) is 13.4. The number of hydrogen-bond donors (Lipinski definition) is 1. The van der Waals surface area contributed by atoms with E-state index < -0.39 is 15.7 Å². The number of fused-ring (bicyclic) bond motifs is 2. The predicted octanol–water partition coefficient (Wildman–Crippen LogP) is 1.97. The number of benzene rings is 2. The minimum Gasteiger partial charge on any atom is -0.317 e. The number of nitrogens with zero attached hydrogens (tertiary/aromatic N) is 4. The van der Waals surface area contributed by atoms with Gasteiger partial charge in [0.05, 0.1) is 22.8 Å². The van der Waals surface area contributed by atoms with Crippen molar-refractivity contribution in [3.05, 3.63) is 52.9 Å². The predicted molar refractivity (Wildman–Crippen MR) is 107 cm³/mol. The van der Waals surface area contributed by atoms with Gasteiger partial charge in [0.1, 0.15) is 15.9 Å². The van der Waals surface area contributed by atoms with Crippen molar-refractivity contribution < 1.29 is 8.42 Å². The van der Waals surface area contributed by atoms with Gasteiger partial charge in [-0.3, -0.25) is 4.57 Å². The van der Waals surface area contributed by atoms with Crippen molar-refractivity contribution in [2.75, 3.05) is 13.1 Å². The molecule has 1 fully saturated rings. The van der Waals surface area contributed by atoms with Gasteiger partial charge in [-0.25, -0.2) is 13.2 Å². The van der Waals surface area contributed by atoms with Crippen LogP contribution < -0.4 is 11.0 Å². The first-order chi connectivity index (χ1) is 13.6. The summed E-state index contributed by atoms with van der Waals surface area (Å²) in [6.07, 6.45) is 1.55. The zero-order chi connectivity index (χ0) is 19.3. The van der Waals surface area contributed by atoms with Crippen LogP contribution in [0, 0.1) is 0 Å². The van der Waals surface area contributed by atoms with Crippen LogP contribution in [0.15, 0.2) is 52.2 Å². The molecule has 8 nitrogen and oxygen atoms in total. The second-order valence-electron chi connectivity index (χ2n) is 6.78. The number of hydrogen-bond acceptors (Lipinski definition) is 7. The van der Waals surface area contributed by atoms with Crippen LogP contribution in [0.25, 0.3) is 22.1 Å². The molecule has 1 N–H and O–H groups in total. The minimum atomic E-state index is -4.14. The Morgan fingerprint density at radius 2 is 1.75 bits per heavy atom. The van der Waals surface area contributed by atoms with E-state index in [9.17, 15) is 13.2 Å². The molecule has 4 aromatic rings. The molecule has 0 aliphatic carbocycles. The van der Waals surface area contributed by atoms with Gasteiger partial charge in [0.15, 0.2) is 0 Å². The molecular weight excluding hydrogens is 398 g/mol. The maximum absolute atomic E-state index is 13.6. The van der Waals surface area contributed by atoms with E-state index in [1.807, 2.05) is 6.07 Å². The second-order valence-corrected chi connectivity index (χ2v) is 9.06. The summed E-state index contributed by atoms with van der Waals surface area (Å²) in [5.74, 6) is 0. The van der Waals surface area contributed by atoms with Crippen LogP contribution in [0.3, 0.4) is 0 Å². The van der Waals surface area contributed by atoms with Crippen LogP contribution in [0.1, 0.15) is 18.9 Å². The van der Waals surface area contributed by atoms with Crippen molar-refractivity contribution in [3.63, 3.8) is 0 Å². The summed E-state index contributed by atoms with van der Waals surface area (Å²) in [5, 5.41) is 3.28. The molecule has 1 aliphatic heterocycles. The molecule has 0 atom stereocenters. The summed E-state index contributed by atoms with van der Waals surface area (Å²) in [6.45, 7) is 1.60. The molecule has 0 radical (unpaired) electrons. The molecule has 28 heavy (non-hydrogen) atoms. The summed E-state index contributed by atoms with van der Waals surface area (Å²) in [6, 6.07) is 11.8. The molecule has 2 aromatic heterocycles. The van der Waals surface area contributed by atoms with Gasteiger partial charge in [-0.2, -0.15) is 12.7 Å². The van der Waals surface area contributed by atoms with E-state index in [-0.39, 0.29) is 16.5 Å². The van der Waals surface area contributed by atoms with Crippen LogP contribution in [0.4, 0.5) is 0 Å². The fourth-order valence-corrected chi connectivity index (χ4v) is 6.04. The van der Waals surface area contributed by atoms with Gasteiger partial charge in [0, 0.05) is 6.04 Å². The van der Waals surface area contributed by atoms with Crippen LogP contribution in [-0.2, 0) is 10.0 Å². The SMILES string of the molecule is O=c1n(C2CCNCC2)c2ccccc2n1S(=O)(=O)c1cccc2nsnc12. The first-order valence-corrected chi connectivity index (χ1v) is 11.2. The lowest BCUT2D eigenvalue weighted by Gasteiger charge is -2.23. The highest BCUT2D eigenvalue weighted by molar-refractivity contribution is 7.90. The van der Waals surface area contributed by atoms with Gasteiger partial charge in [0.2, 0.25) is 0 Å². The van der Waals surface area contributed by atoms with E-state index in [4.69, 9.17) is 0 Å². The smallest absolute Gasteiger partial charge is 0.317 e. The van der Waals surface area contributed by atoms with Crippen molar-refractivity contribution >= 4 is 43.8 Å².